The number of hydrogen-bond donors (Lipinski definition) is 2. The van der Waals surface area contributed by atoms with Crippen molar-refractivity contribution in [2.24, 2.45) is 5.92 Å². The van der Waals surface area contributed by atoms with Crippen LogP contribution in [0, 0.1) is 12.8 Å². The molecule has 3 N–H and O–H groups in total. The highest BCUT2D eigenvalue weighted by Gasteiger charge is 2.13. The Bertz CT molecular complexity index is 356. The fraction of sp³-hybridized carbons (Fsp3) is 0.643. The number of nitrogens with zero attached hydrogens (tertiary/aromatic N) is 1. The second-order valence-electron chi connectivity index (χ2n) is 5.15. The summed E-state index contributed by atoms with van der Waals surface area (Å²) in [4.78, 5) is 4.27. The summed E-state index contributed by atoms with van der Waals surface area (Å²) in [5.74, 6) is 1.93. The summed E-state index contributed by atoms with van der Waals surface area (Å²) < 4.78 is 0. The van der Waals surface area contributed by atoms with E-state index in [1.807, 2.05) is 13.0 Å². The number of nitrogens with two attached hydrogens (primary N) is 1. The molecule has 1 heterocycles. The summed E-state index contributed by atoms with van der Waals surface area (Å²) in [6, 6.07) is 2.02. The van der Waals surface area contributed by atoms with Crippen molar-refractivity contribution in [1.82, 2.24) is 4.98 Å². The molecule has 0 radical (unpaired) electrons. The van der Waals surface area contributed by atoms with E-state index in [1.54, 1.807) is 6.20 Å². The molecule has 0 aromatic carbocycles. The van der Waals surface area contributed by atoms with E-state index in [1.165, 1.54) is 38.5 Å². The number of nitrogen functional groups attached to an aromatic ring is 1. The van der Waals surface area contributed by atoms with Crippen molar-refractivity contribution in [3.8, 4) is 0 Å². The average molecular weight is 233 g/mol. The summed E-state index contributed by atoms with van der Waals surface area (Å²) in [5.41, 5.74) is 7.60. The van der Waals surface area contributed by atoms with E-state index in [0.717, 1.165) is 29.5 Å². The molecule has 0 saturated heterocycles. The van der Waals surface area contributed by atoms with Crippen LogP contribution in [0.4, 0.5) is 11.5 Å². The minimum absolute atomic E-state index is 0.765. The zero-order chi connectivity index (χ0) is 12.1. The molecule has 0 atom stereocenters. The molecular formula is C14H23N3. The van der Waals surface area contributed by atoms with Crippen LogP contribution in [0.1, 0.15) is 44.1 Å². The van der Waals surface area contributed by atoms with Gasteiger partial charge in [0.2, 0.25) is 0 Å². The minimum atomic E-state index is 0.765. The molecule has 0 spiro atoms. The highest BCUT2D eigenvalue weighted by atomic mass is 15.0. The topological polar surface area (TPSA) is 50.9 Å². The van der Waals surface area contributed by atoms with Gasteiger partial charge < -0.3 is 11.1 Å². The van der Waals surface area contributed by atoms with Gasteiger partial charge in [-0.1, -0.05) is 25.7 Å². The standard InChI is InChI=1S/C14H23N3/c1-11-9-14(17-10-13(11)15)16-8-4-7-12-5-2-3-6-12/h9-10,12H,2-8,15H2,1H3,(H,16,17). The predicted molar refractivity (Wildman–Crippen MR) is 73.1 cm³/mol. The minimum Gasteiger partial charge on any atom is -0.397 e. The van der Waals surface area contributed by atoms with Crippen LogP contribution in [-0.4, -0.2) is 11.5 Å². The monoisotopic (exact) mass is 233 g/mol. The Hall–Kier alpha value is -1.25. The first-order valence-corrected chi connectivity index (χ1v) is 6.71. The van der Waals surface area contributed by atoms with Crippen molar-refractivity contribution in [2.45, 2.75) is 45.4 Å². The molecule has 2 rings (SSSR count). The highest BCUT2D eigenvalue weighted by molar-refractivity contribution is 5.50. The van der Waals surface area contributed by atoms with Gasteiger partial charge in [-0.2, -0.15) is 0 Å². The highest BCUT2D eigenvalue weighted by Crippen LogP contribution is 2.28. The van der Waals surface area contributed by atoms with Crippen LogP contribution in [-0.2, 0) is 0 Å². The largest absolute Gasteiger partial charge is 0.397 e. The van der Waals surface area contributed by atoms with Crippen molar-refractivity contribution in [3.05, 3.63) is 17.8 Å². The summed E-state index contributed by atoms with van der Waals surface area (Å²) >= 11 is 0. The molecule has 94 valence electrons. The molecule has 1 aliphatic rings. The molecular weight excluding hydrogens is 210 g/mol. The van der Waals surface area contributed by atoms with Crippen LogP contribution in [0.25, 0.3) is 0 Å². The van der Waals surface area contributed by atoms with Gasteiger partial charge in [-0.15, -0.1) is 0 Å². The molecule has 17 heavy (non-hydrogen) atoms. The first-order valence-electron chi connectivity index (χ1n) is 6.71. The molecule has 1 saturated carbocycles. The Balaban J connectivity index is 1.68. The molecule has 1 aromatic heterocycles. The third-order valence-electron chi connectivity index (χ3n) is 3.72. The van der Waals surface area contributed by atoms with E-state index in [9.17, 15) is 0 Å². The molecule has 1 fully saturated rings. The Morgan fingerprint density at radius 2 is 2.18 bits per heavy atom. The molecule has 0 unspecified atom stereocenters. The molecule has 3 nitrogen and oxygen atoms in total. The van der Waals surface area contributed by atoms with Crippen molar-refractivity contribution < 1.29 is 0 Å². The zero-order valence-electron chi connectivity index (χ0n) is 10.7. The van der Waals surface area contributed by atoms with Crippen LogP contribution in [0.3, 0.4) is 0 Å². The fourth-order valence-corrected chi connectivity index (χ4v) is 2.57. The predicted octanol–water partition coefficient (Wildman–Crippen LogP) is 3.35. The number of anilines is 2. The van der Waals surface area contributed by atoms with Crippen LogP contribution >= 0.6 is 0 Å². The van der Waals surface area contributed by atoms with Crippen molar-refractivity contribution in [3.63, 3.8) is 0 Å². The van der Waals surface area contributed by atoms with Gasteiger partial charge in [0.25, 0.3) is 0 Å². The quantitative estimate of drug-likeness (QED) is 0.767. The van der Waals surface area contributed by atoms with Gasteiger partial charge in [0.15, 0.2) is 0 Å². The maximum atomic E-state index is 5.74. The van der Waals surface area contributed by atoms with Crippen molar-refractivity contribution in [1.29, 1.82) is 0 Å². The molecule has 1 aromatic rings. The van der Waals surface area contributed by atoms with Gasteiger partial charge in [-0.3, -0.25) is 0 Å². The molecule has 1 aliphatic carbocycles. The maximum absolute atomic E-state index is 5.74. The number of aryl methyl sites for hydroxylation is 1. The first-order chi connectivity index (χ1) is 8.25. The third kappa shape index (κ3) is 3.62. The lowest BCUT2D eigenvalue weighted by atomic mass is 10.0. The van der Waals surface area contributed by atoms with Crippen LogP contribution in [0.2, 0.25) is 0 Å². The SMILES string of the molecule is Cc1cc(NCCCC2CCCC2)ncc1N. The Morgan fingerprint density at radius 1 is 1.41 bits per heavy atom. The summed E-state index contributed by atoms with van der Waals surface area (Å²) in [6.45, 7) is 3.04. The third-order valence-corrected chi connectivity index (χ3v) is 3.72. The molecule has 3 heteroatoms. The van der Waals surface area contributed by atoms with Gasteiger partial charge in [0, 0.05) is 6.54 Å². The number of aromatic nitrogens is 1. The maximum Gasteiger partial charge on any atom is 0.126 e. The van der Waals surface area contributed by atoms with E-state index in [-0.39, 0.29) is 0 Å². The fourth-order valence-electron chi connectivity index (χ4n) is 2.57. The van der Waals surface area contributed by atoms with E-state index < -0.39 is 0 Å². The average Bonchev–Trinajstić information content (AvgIpc) is 2.82. The van der Waals surface area contributed by atoms with Gasteiger partial charge in [0.1, 0.15) is 5.82 Å². The lowest BCUT2D eigenvalue weighted by Crippen LogP contribution is -2.06. The first kappa shape index (κ1) is 12.2. The lowest BCUT2D eigenvalue weighted by molar-refractivity contribution is 0.491. The Morgan fingerprint density at radius 3 is 2.88 bits per heavy atom. The van der Waals surface area contributed by atoms with Crippen LogP contribution < -0.4 is 11.1 Å². The number of rotatable bonds is 5. The molecule has 0 amide bonds. The molecule has 0 bridgehead atoms. The van der Waals surface area contributed by atoms with Crippen LogP contribution in [0.15, 0.2) is 12.3 Å². The van der Waals surface area contributed by atoms with E-state index >= 15 is 0 Å². The summed E-state index contributed by atoms with van der Waals surface area (Å²) in [5, 5.41) is 3.37. The van der Waals surface area contributed by atoms with Gasteiger partial charge in [0.05, 0.1) is 11.9 Å². The van der Waals surface area contributed by atoms with Crippen molar-refractivity contribution >= 4 is 11.5 Å². The normalized spacial score (nSPS) is 16.3. The van der Waals surface area contributed by atoms with Gasteiger partial charge in [-0.25, -0.2) is 4.98 Å². The molecule has 0 aliphatic heterocycles. The van der Waals surface area contributed by atoms with E-state index in [4.69, 9.17) is 5.73 Å². The Labute approximate surface area is 104 Å². The van der Waals surface area contributed by atoms with E-state index in [0.29, 0.717) is 0 Å². The smallest absolute Gasteiger partial charge is 0.126 e. The van der Waals surface area contributed by atoms with Gasteiger partial charge >= 0.3 is 0 Å². The zero-order valence-corrected chi connectivity index (χ0v) is 10.7. The number of nitrogens with one attached hydrogen (secondary N) is 1. The summed E-state index contributed by atoms with van der Waals surface area (Å²) in [7, 11) is 0. The lowest BCUT2D eigenvalue weighted by Gasteiger charge is -2.10. The van der Waals surface area contributed by atoms with Gasteiger partial charge in [-0.05, 0) is 37.3 Å². The number of pyridine rings is 1. The van der Waals surface area contributed by atoms with Crippen molar-refractivity contribution in [2.75, 3.05) is 17.6 Å². The number of hydrogen-bond acceptors (Lipinski definition) is 3. The Kier molecular flexibility index (Phi) is 4.24. The van der Waals surface area contributed by atoms with Crippen LogP contribution in [0.5, 0.6) is 0 Å². The summed E-state index contributed by atoms with van der Waals surface area (Å²) in [6.07, 6.45) is 10.1. The second kappa shape index (κ2) is 5.89. The second-order valence-corrected chi connectivity index (χ2v) is 5.15. The van der Waals surface area contributed by atoms with E-state index in [2.05, 4.69) is 10.3 Å².